The number of β-amino-alcohol motifs (C(OH)–C–C–N with tert-alkyl or cyclic N) is 1. The summed E-state index contributed by atoms with van der Waals surface area (Å²) in [5, 5.41) is 13.3. The lowest BCUT2D eigenvalue weighted by molar-refractivity contribution is -0.158. The second-order valence-corrected chi connectivity index (χ2v) is 10.3. The Hall–Kier alpha value is -3.37. The fourth-order valence-corrected chi connectivity index (χ4v) is 5.29. The normalized spacial score (nSPS) is 23.5. The molecule has 5 rings (SSSR count). The molecule has 4 atom stereocenters. The van der Waals surface area contributed by atoms with E-state index in [2.05, 4.69) is 5.32 Å². The minimum Gasteiger partial charge on any atom is -0.457 e. The molecule has 2 aliphatic rings. The Morgan fingerprint density at radius 1 is 1.00 bits per heavy atom. The quantitative estimate of drug-likeness (QED) is 0.426. The Morgan fingerprint density at radius 2 is 1.77 bits per heavy atom. The number of amides is 1. The molecule has 2 fully saturated rings. The molecule has 3 aromatic rings. The molecule has 0 aliphatic carbocycles. The third-order valence-corrected chi connectivity index (χ3v) is 7.27. The van der Waals surface area contributed by atoms with E-state index in [0.29, 0.717) is 19.4 Å². The molecule has 40 heavy (non-hydrogen) atoms. The van der Waals surface area contributed by atoms with Gasteiger partial charge in [0.05, 0.1) is 37.9 Å². The van der Waals surface area contributed by atoms with Crippen LogP contribution in [0, 0.1) is 11.6 Å². The van der Waals surface area contributed by atoms with Crippen molar-refractivity contribution < 1.29 is 32.9 Å². The maximum absolute atomic E-state index is 14.4. The summed E-state index contributed by atoms with van der Waals surface area (Å²) in [6.07, 6.45) is 0.118. The number of hydrogen-bond donors (Lipinski definition) is 2. The van der Waals surface area contributed by atoms with Gasteiger partial charge in [-0.25, -0.2) is 8.78 Å². The summed E-state index contributed by atoms with van der Waals surface area (Å²) in [6, 6.07) is 20.3. The first-order chi connectivity index (χ1) is 19.4. The summed E-state index contributed by atoms with van der Waals surface area (Å²) in [7, 11) is 0. The van der Waals surface area contributed by atoms with E-state index < -0.39 is 17.7 Å². The number of aliphatic hydroxyl groups is 1. The largest absolute Gasteiger partial charge is 0.457 e. The number of benzene rings is 3. The molecule has 0 unspecified atom stereocenters. The van der Waals surface area contributed by atoms with Crippen LogP contribution in [0.2, 0.25) is 0 Å². The van der Waals surface area contributed by atoms with Crippen LogP contribution in [0.25, 0.3) is 0 Å². The average Bonchev–Trinajstić information content (AvgIpc) is 2.94. The third kappa shape index (κ3) is 7.63. The van der Waals surface area contributed by atoms with Crippen molar-refractivity contribution in [2.24, 2.45) is 0 Å². The number of rotatable bonds is 8. The van der Waals surface area contributed by atoms with Gasteiger partial charge in [-0.15, -0.1) is 0 Å². The molecule has 2 heterocycles. The van der Waals surface area contributed by atoms with Crippen LogP contribution in [-0.4, -0.2) is 60.0 Å². The first-order valence-corrected chi connectivity index (χ1v) is 13.6. The number of nitrogens with zero attached hydrogens (tertiary/aromatic N) is 1. The van der Waals surface area contributed by atoms with Gasteiger partial charge in [-0.1, -0.05) is 30.3 Å². The molecule has 7 nitrogen and oxygen atoms in total. The molecule has 0 saturated carbocycles. The van der Waals surface area contributed by atoms with E-state index in [0.717, 1.165) is 29.2 Å². The highest BCUT2D eigenvalue weighted by atomic mass is 19.1. The minimum absolute atomic E-state index is 0.117. The summed E-state index contributed by atoms with van der Waals surface area (Å²) < 4.78 is 45.9. The van der Waals surface area contributed by atoms with Gasteiger partial charge in [0.1, 0.15) is 23.1 Å². The van der Waals surface area contributed by atoms with Crippen molar-refractivity contribution in [3.05, 3.63) is 95.6 Å². The Morgan fingerprint density at radius 3 is 2.58 bits per heavy atom. The fourth-order valence-electron chi connectivity index (χ4n) is 5.29. The van der Waals surface area contributed by atoms with Gasteiger partial charge in [0.2, 0.25) is 5.91 Å². The van der Waals surface area contributed by atoms with E-state index in [4.69, 9.17) is 14.2 Å². The Kier molecular flexibility index (Phi) is 9.38. The predicted octanol–water partition coefficient (Wildman–Crippen LogP) is 4.57. The number of nitrogens with one attached hydrogen (secondary N) is 1. The zero-order valence-electron chi connectivity index (χ0n) is 22.2. The highest BCUT2D eigenvalue weighted by Crippen LogP contribution is 2.29. The molecule has 0 radical (unpaired) electrons. The van der Waals surface area contributed by atoms with E-state index in [-0.39, 0.29) is 62.4 Å². The number of hydrogen-bond acceptors (Lipinski definition) is 6. The van der Waals surface area contributed by atoms with Crippen LogP contribution >= 0.6 is 0 Å². The number of ether oxygens (including phenoxy) is 3. The first-order valence-electron chi connectivity index (χ1n) is 13.6. The van der Waals surface area contributed by atoms with E-state index in [1.807, 2.05) is 59.5 Å². The van der Waals surface area contributed by atoms with Gasteiger partial charge >= 0.3 is 0 Å². The van der Waals surface area contributed by atoms with Gasteiger partial charge in [0.25, 0.3) is 0 Å². The lowest BCUT2D eigenvalue weighted by Crippen LogP contribution is -2.55. The number of carbonyl (C=O) groups is 1. The Balaban J connectivity index is 1.13. The lowest BCUT2D eigenvalue weighted by atomic mass is 9.94. The molecule has 212 valence electrons. The first kappa shape index (κ1) is 28.2. The molecule has 9 heteroatoms. The second-order valence-electron chi connectivity index (χ2n) is 10.3. The Bertz CT molecular complexity index is 1260. The third-order valence-electron chi connectivity index (χ3n) is 7.27. The lowest BCUT2D eigenvalue weighted by Gasteiger charge is -2.44. The number of aliphatic hydroxyl groups excluding tert-OH is 1. The maximum Gasteiger partial charge on any atom is 0.222 e. The minimum atomic E-state index is -0.750. The number of carbonyl (C=O) groups excluding carboxylic acids is 1. The molecule has 1 amide bonds. The summed E-state index contributed by atoms with van der Waals surface area (Å²) in [5.74, 6) is 0.360. The molecule has 2 saturated heterocycles. The van der Waals surface area contributed by atoms with E-state index >= 15 is 0 Å². The summed E-state index contributed by atoms with van der Waals surface area (Å²) in [4.78, 5) is 14.7. The topological polar surface area (TPSA) is 80.3 Å². The van der Waals surface area contributed by atoms with Gasteiger partial charge in [0.15, 0.2) is 0 Å². The van der Waals surface area contributed by atoms with Crippen LogP contribution in [0.4, 0.5) is 8.78 Å². The van der Waals surface area contributed by atoms with Crippen LogP contribution in [0.1, 0.15) is 30.4 Å². The van der Waals surface area contributed by atoms with Gasteiger partial charge in [-0.3, -0.25) is 9.69 Å². The summed E-state index contributed by atoms with van der Waals surface area (Å²) in [5.41, 5.74) is 1.18. The molecule has 3 aromatic carbocycles. The molecular formula is C31H34F2N2O5. The smallest absolute Gasteiger partial charge is 0.222 e. The van der Waals surface area contributed by atoms with E-state index in [9.17, 15) is 18.7 Å². The summed E-state index contributed by atoms with van der Waals surface area (Å²) >= 11 is 0. The number of para-hydroxylation sites is 1. The maximum atomic E-state index is 14.4. The van der Waals surface area contributed by atoms with E-state index in [1.165, 1.54) is 6.07 Å². The molecule has 2 N–H and O–H groups in total. The summed E-state index contributed by atoms with van der Waals surface area (Å²) in [6.45, 7) is 1.15. The molecule has 0 bridgehead atoms. The van der Waals surface area contributed by atoms with Crippen molar-refractivity contribution in [1.29, 1.82) is 0 Å². The molecular weight excluding hydrogens is 518 g/mol. The van der Waals surface area contributed by atoms with E-state index in [1.54, 1.807) is 0 Å². The van der Waals surface area contributed by atoms with Gasteiger partial charge in [0, 0.05) is 31.2 Å². The van der Waals surface area contributed by atoms with Crippen LogP contribution in [-0.2, 0) is 27.4 Å². The van der Waals surface area contributed by atoms with Crippen LogP contribution in [0.15, 0.2) is 72.8 Å². The SMILES string of the molecule is O=C(C[C@H]1CC[C@H]2[C@@H](COC[C@H](O)CN2Cc2cc(F)ccc2F)O1)NCc1ccc(Oc2ccccc2)cc1. The van der Waals surface area contributed by atoms with Gasteiger partial charge < -0.3 is 24.6 Å². The zero-order chi connectivity index (χ0) is 27.9. The predicted molar refractivity (Wildman–Crippen MR) is 145 cm³/mol. The molecule has 0 aromatic heterocycles. The van der Waals surface area contributed by atoms with Crippen molar-refractivity contribution in [3.8, 4) is 11.5 Å². The standard InChI is InChI=1S/C31H34F2N2O5/c32-23-8-12-28(33)22(14-23)17-35-18-24(36)19-38-20-30-29(35)13-11-27(40-30)15-31(37)34-16-21-6-9-26(10-7-21)39-25-4-2-1-3-5-25/h1-10,12,14,24,27,29-30,36H,11,13,15-20H2,(H,34,37)/t24-,27-,29+,30-/m1/s1. The highest BCUT2D eigenvalue weighted by molar-refractivity contribution is 5.76. The zero-order valence-corrected chi connectivity index (χ0v) is 22.2. The monoisotopic (exact) mass is 552 g/mol. The van der Waals surface area contributed by atoms with Crippen LogP contribution in [0.5, 0.6) is 11.5 Å². The van der Waals surface area contributed by atoms with Crippen LogP contribution in [0.3, 0.4) is 0 Å². The van der Waals surface area contributed by atoms with Crippen molar-refractivity contribution in [1.82, 2.24) is 10.2 Å². The second kappa shape index (κ2) is 13.3. The van der Waals surface area contributed by atoms with Crippen molar-refractivity contribution in [2.75, 3.05) is 19.8 Å². The number of halogens is 2. The number of fused-ring (bicyclic) bond motifs is 1. The van der Waals surface area contributed by atoms with Crippen molar-refractivity contribution in [2.45, 2.75) is 56.7 Å². The Labute approximate surface area is 232 Å². The molecule has 2 aliphatic heterocycles. The van der Waals surface area contributed by atoms with Crippen LogP contribution < -0.4 is 10.1 Å². The van der Waals surface area contributed by atoms with Crippen molar-refractivity contribution in [3.63, 3.8) is 0 Å². The average molecular weight is 553 g/mol. The van der Waals surface area contributed by atoms with Gasteiger partial charge in [-0.05, 0) is 60.9 Å². The fraction of sp³-hybridized carbons (Fsp3) is 0.387. The van der Waals surface area contributed by atoms with Gasteiger partial charge in [-0.2, -0.15) is 0 Å². The molecule has 0 spiro atoms. The highest BCUT2D eigenvalue weighted by Gasteiger charge is 2.38. The van der Waals surface area contributed by atoms with Crippen molar-refractivity contribution >= 4 is 5.91 Å².